The van der Waals surface area contributed by atoms with Crippen molar-refractivity contribution < 1.29 is 17.9 Å². The molecule has 1 heterocycles. The van der Waals surface area contributed by atoms with Crippen LogP contribution in [0.4, 0.5) is 13.2 Å². The SMILES string of the molecule is NCCn1cc(-c2ccc(OCC3CC3)c(C(F)(F)F)c2)cn1. The van der Waals surface area contributed by atoms with E-state index in [-0.39, 0.29) is 5.75 Å². The summed E-state index contributed by atoms with van der Waals surface area (Å²) in [6.45, 7) is 1.29. The molecule has 124 valence electrons. The van der Waals surface area contributed by atoms with Crippen LogP contribution in [0, 0.1) is 5.92 Å². The van der Waals surface area contributed by atoms with Crippen molar-refractivity contribution in [2.24, 2.45) is 11.7 Å². The van der Waals surface area contributed by atoms with Crippen molar-refractivity contribution in [3.63, 3.8) is 0 Å². The minimum absolute atomic E-state index is 0.109. The normalized spacial score (nSPS) is 15.0. The molecule has 3 rings (SSSR count). The third-order valence-electron chi connectivity index (χ3n) is 3.78. The third kappa shape index (κ3) is 3.85. The van der Waals surface area contributed by atoms with Crippen LogP contribution in [0.5, 0.6) is 5.75 Å². The molecule has 1 aliphatic rings. The molecule has 23 heavy (non-hydrogen) atoms. The first-order valence-electron chi connectivity index (χ1n) is 7.54. The molecule has 0 aliphatic heterocycles. The van der Waals surface area contributed by atoms with Gasteiger partial charge in [0.15, 0.2) is 0 Å². The lowest BCUT2D eigenvalue weighted by Crippen LogP contribution is -2.10. The Morgan fingerprint density at radius 1 is 1.26 bits per heavy atom. The van der Waals surface area contributed by atoms with Crippen LogP contribution in [0.2, 0.25) is 0 Å². The average Bonchev–Trinajstić information content (AvgIpc) is 3.22. The molecule has 0 saturated heterocycles. The summed E-state index contributed by atoms with van der Waals surface area (Å²) in [4.78, 5) is 0. The molecule has 1 fully saturated rings. The lowest BCUT2D eigenvalue weighted by atomic mass is 10.0. The number of hydrogen-bond donors (Lipinski definition) is 1. The summed E-state index contributed by atoms with van der Waals surface area (Å²) in [5, 5.41) is 4.09. The smallest absolute Gasteiger partial charge is 0.419 e. The Morgan fingerprint density at radius 2 is 2.04 bits per heavy atom. The van der Waals surface area contributed by atoms with Gasteiger partial charge in [-0.1, -0.05) is 6.07 Å². The number of aromatic nitrogens is 2. The van der Waals surface area contributed by atoms with Gasteiger partial charge in [-0.15, -0.1) is 0 Å². The highest BCUT2D eigenvalue weighted by molar-refractivity contribution is 5.64. The summed E-state index contributed by atoms with van der Waals surface area (Å²) < 4.78 is 46.9. The zero-order chi connectivity index (χ0) is 16.4. The fraction of sp³-hybridized carbons (Fsp3) is 0.438. The fourth-order valence-corrected chi connectivity index (χ4v) is 2.32. The van der Waals surface area contributed by atoms with Gasteiger partial charge in [0, 0.05) is 18.3 Å². The average molecular weight is 325 g/mol. The highest BCUT2D eigenvalue weighted by Crippen LogP contribution is 2.39. The lowest BCUT2D eigenvalue weighted by Gasteiger charge is -2.15. The van der Waals surface area contributed by atoms with Gasteiger partial charge >= 0.3 is 6.18 Å². The van der Waals surface area contributed by atoms with E-state index >= 15 is 0 Å². The molecule has 0 spiro atoms. The summed E-state index contributed by atoms with van der Waals surface area (Å²) in [5.74, 6) is 0.285. The molecular formula is C16H18F3N3O. The van der Waals surface area contributed by atoms with Crippen LogP contribution in [0.1, 0.15) is 18.4 Å². The van der Waals surface area contributed by atoms with Gasteiger partial charge < -0.3 is 10.5 Å². The van der Waals surface area contributed by atoms with E-state index in [0.29, 0.717) is 36.7 Å². The van der Waals surface area contributed by atoms with Gasteiger partial charge in [-0.25, -0.2) is 0 Å². The maximum Gasteiger partial charge on any atom is 0.419 e. The van der Waals surface area contributed by atoms with E-state index in [1.54, 1.807) is 16.9 Å². The number of hydrogen-bond acceptors (Lipinski definition) is 3. The molecule has 1 aromatic heterocycles. The van der Waals surface area contributed by atoms with Gasteiger partial charge in [0.25, 0.3) is 0 Å². The van der Waals surface area contributed by atoms with Crippen molar-refractivity contribution in [3.8, 4) is 16.9 Å². The number of nitrogens with zero attached hydrogens (tertiary/aromatic N) is 2. The second kappa shape index (κ2) is 6.23. The van der Waals surface area contributed by atoms with Gasteiger partial charge in [0.05, 0.1) is 24.9 Å². The highest BCUT2D eigenvalue weighted by atomic mass is 19.4. The molecule has 7 heteroatoms. The Morgan fingerprint density at radius 3 is 2.70 bits per heavy atom. The quantitative estimate of drug-likeness (QED) is 0.886. The fourth-order valence-electron chi connectivity index (χ4n) is 2.32. The summed E-state index contributed by atoms with van der Waals surface area (Å²) >= 11 is 0. The van der Waals surface area contributed by atoms with E-state index < -0.39 is 11.7 Å². The summed E-state index contributed by atoms with van der Waals surface area (Å²) in [7, 11) is 0. The van der Waals surface area contributed by atoms with Crippen LogP contribution in [-0.4, -0.2) is 22.9 Å². The molecule has 2 aromatic rings. The Labute approximate surface area is 132 Å². The predicted molar refractivity (Wildman–Crippen MR) is 79.9 cm³/mol. The molecule has 1 aliphatic carbocycles. The minimum atomic E-state index is -4.46. The number of rotatable bonds is 6. The maximum absolute atomic E-state index is 13.3. The van der Waals surface area contributed by atoms with Gasteiger partial charge in [0.1, 0.15) is 5.75 Å². The number of benzene rings is 1. The zero-order valence-electron chi connectivity index (χ0n) is 12.5. The number of ether oxygens (including phenoxy) is 1. The Bertz CT molecular complexity index is 677. The number of alkyl halides is 3. The van der Waals surface area contributed by atoms with E-state index in [2.05, 4.69) is 5.10 Å². The van der Waals surface area contributed by atoms with Crippen molar-refractivity contribution in [3.05, 3.63) is 36.2 Å². The number of nitrogens with two attached hydrogens (primary N) is 1. The standard InChI is InChI=1S/C16H18F3N3O/c17-16(18,19)14-7-12(13-8-21-22(9-13)6-5-20)3-4-15(14)23-10-11-1-2-11/h3-4,7-9,11H,1-2,5-6,10,20H2. The zero-order valence-corrected chi connectivity index (χ0v) is 12.5. The van der Waals surface area contributed by atoms with Gasteiger partial charge in [0.2, 0.25) is 0 Å². The molecule has 2 N–H and O–H groups in total. The molecule has 0 unspecified atom stereocenters. The van der Waals surface area contributed by atoms with Crippen molar-refractivity contribution in [1.82, 2.24) is 9.78 Å². The second-order valence-electron chi connectivity index (χ2n) is 5.74. The maximum atomic E-state index is 13.3. The van der Waals surface area contributed by atoms with Crippen LogP contribution >= 0.6 is 0 Å². The predicted octanol–water partition coefficient (Wildman–Crippen LogP) is 3.32. The summed E-state index contributed by atoms with van der Waals surface area (Å²) in [5.41, 5.74) is 5.78. The Kier molecular flexibility index (Phi) is 4.30. The van der Waals surface area contributed by atoms with E-state index in [1.165, 1.54) is 12.3 Å². The van der Waals surface area contributed by atoms with Crippen molar-refractivity contribution >= 4 is 0 Å². The Balaban J connectivity index is 1.88. The second-order valence-corrected chi connectivity index (χ2v) is 5.74. The molecular weight excluding hydrogens is 307 g/mol. The van der Waals surface area contributed by atoms with Crippen LogP contribution < -0.4 is 10.5 Å². The van der Waals surface area contributed by atoms with Gasteiger partial charge in [-0.05, 0) is 36.5 Å². The van der Waals surface area contributed by atoms with Crippen LogP contribution in [-0.2, 0) is 12.7 Å². The summed E-state index contributed by atoms with van der Waals surface area (Å²) in [6, 6.07) is 4.13. The Hall–Kier alpha value is -2.02. The molecule has 0 amide bonds. The first-order valence-corrected chi connectivity index (χ1v) is 7.54. The van der Waals surface area contributed by atoms with Crippen LogP contribution in [0.3, 0.4) is 0 Å². The molecule has 0 radical (unpaired) electrons. The molecule has 4 nitrogen and oxygen atoms in total. The highest BCUT2D eigenvalue weighted by Gasteiger charge is 2.35. The molecule has 1 aromatic carbocycles. The first kappa shape index (κ1) is 15.9. The van der Waals surface area contributed by atoms with Gasteiger partial charge in [-0.3, -0.25) is 4.68 Å². The first-order chi connectivity index (χ1) is 11.0. The van der Waals surface area contributed by atoms with Crippen molar-refractivity contribution in [2.45, 2.75) is 25.6 Å². The van der Waals surface area contributed by atoms with Gasteiger partial charge in [-0.2, -0.15) is 18.3 Å². The number of halogens is 3. The minimum Gasteiger partial charge on any atom is -0.493 e. The molecule has 1 saturated carbocycles. The van der Waals surface area contributed by atoms with E-state index in [1.807, 2.05) is 0 Å². The van der Waals surface area contributed by atoms with Crippen LogP contribution in [0.25, 0.3) is 11.1 Å². The topological polar surface area (TPSA) is 53.1 Å². The molecule has 0 atom stereocenters. The third-order valence-corrected chi connectivity index (χ3v) is 3.78. The van der Waals surface area contributed by atoms with Crippen molar-refractivity contribution in [2.75, 3.05) is 13.2 Å². The monoisotopic (exact) mass is 325 g/mol. The molecule has 0 bridgehead atoms. The van der Waals surface area contributed by atoms with E-state index in [9.17, 15) is 13.2 Å². The van der Waals surface area contributed by atoms with E-state index in [4.69, 9.17) is 10.5 Å². The van der Waals surface area contributed by atoms with E-state index in [0.717, 1.165) is 18.9 Å². The lowest BCUT2D eigenvalue weighted by molar-refractivity contribution is -0.138. The van der Waals surface area contributed by atoms with Crippen LogP contribution in [0.15, 0.2) is 30.6 Å². The largest absolute Gasteiger partial charge is 0.493 e. The van der Waals surface area contributed by atoms with Crippen molar-refractivity contribution in [1.29, 1.82) is 0 Å². The summed E-state index contributed by atoms with van der Waals surface area (Å²) in [6.07, 6.45) is 0.824.